The van der Waals surface area contributed by atoms with E-state index in [4.69, 9.17) is 0 Å². The summed E-state index contributed by atoms with van der Waals surface area (Å²) in [5.74, 6) is 0.433. The summed E-state index contributed by atoms with van der Waals surface area (Å²) in [6.45, 7) is 6.79. The molecule has 10 heteroatoms. The minimum atomic E-state index is -0.384. The summed E-state index contributed by atoms with van der Waals surface area (Å²) in [6, 6.07) is 0.125. The van der Waals surface area contributed by atoms with Gasteiger partial charge in [-0.3, -0.25) is 9.69 Å². The van der Waals surface area contributed by atoms with E-state index in [0.29, 0.717) is 43.5 Å². The molecule has 0 atom stereocenters. The van der Waals surface area contributed by atoms with Crippen molar-refractivity contribution in [1.29, 1.82) is 0 Å². The van der Waals surface area contributed by atoms with Crippen LogP contribution in [-0.2, 0) is 4.79 Å². The second-order valence-corrected chi connectivity index (χ2v) is 6.93. The lowest BCUT2D eigenvalue weighted by atomic mass is 10.3. The van der Waals surface area contributed by atoms with Gasteiger partial charge in [-0.1, -0.05) is 11.3 Å². The minimum absolute atomic E-state index is 0.00642. The monoisotopic (exact) mass is 352 g/mol. The number of nitro groups is 1. The van der Waals surface area contributed by atoms with E-state index >= 15 is 0 Å². The summed E-state index contributed by atoms with van der Waals surface area (Å²) >= 11 is 1.38. The van der Waals surface area contributed by atoms with E-state index in [0.717, 1.165) is 0 Å². The van der Waals surface area contributed by atoms with Crippen LogP contribution in [0.4, 0.5) is 11.6 Å². The Kier molecular flexibility index (Phi) is 4.67. The van der Waals surface area contributed by atoms with Gasteiger partial charge in [0.1, 0.15) is 6.20 Å². The van der Waals surface area contributed by atoms with Crippen LogP contribution in [0.2, 0.25) is 0 Å². The van der Waals surface area contributed by atoms with Gasteiger partial charge in [-0.05, 0) is 18.8 Å². The van der Waals surface area contributed by atoms with Crippen LogP contribution in [0.5, 0.6) is 0 Å². The molecule has 3 rings (SSSR count). The van der Waals surface area contributed by atoms with Crippen LogP contribution in [0, 0.1) is 10.1 Å². The van der Waals surface area contributed by atoms with Crippen LogP contribution in [-0.4, -0.2) is 63.9 Å². The number of amides is 1. The largest absolute Gasteiger partial charge is 0.373 e. The zero-order valence-electron chi connectivity index (χ0n) is 13.6. The van der Waals surface area contributed by atoms with Gasteiger partial charge in [0.2, 0.25) is 11.7 Å². The quantitative estimate of drug-likeness (QED) is 0.636. The fourth-order valence-electron chi connectivity index (χ4n) is 2.83. The first-order valence-electron chi connectivity index (χ1n) is 7.82. The van der Waals surface area contributed by atoms with E-state index in [1.54, 1.807) is 11.6 Å². The lowest BCUT2D eigenvalue weighted by molar-refractivity contribution is -0.389. The first-order valence-corrected chi connectivity index (χ1v) is 8.70. The van der Waals surface area contributed by atoms with Crippen molar-refractivity contribution < 1.29 is 9.72 Å². The number of thiazole rings is 1. The third kappa shape index (κ3) is 3.34. The number of hydrogen-bond donors (Lipinski definition) is 1. The summed E-state index contributed by atoms with van der Waals surface area (Å²) in [6.07, 6.45) is 1.67. The zero-order chi connectivity index (χ0) is 17.3. The second-order valence-electron chi connectivity index (χ2n) is 6.06. The van der Waals surface area contributed by atoms with Crippen LogP contribution in [0.3, 0.4) is 0 Å². The molecule has 1 fully saturated rings. The Balaban J connectivity index is 1.67. The fraction of sp³-hybridized carbons (Fsp3) is 0.571. The maximum atomic E-state index is 11.8. The standard InChI is InChI=1S/C14H20N6O3S/c1-10(2)15-11(21)9-17-3-5-18(6-4-17)12-13(20(22)23)19-7-8-24-14(19)16-12/h7-8,10H,3-6,9H2,1-2H3,(H,15,21). The Hall–Kier alpha value is -2.20. The number of fused-ring (bicyclic) bond motifs is 1. The normalized spacial score (nSPS) is 16.0. The van der Waals surface area contributed by atoms with Crippen molar-refractivity contribution in [3.8, 4) is 0 Å². The van der Waals surface area contributed by atoms with Crippen molar-refractivity contribution in [2.45, 2.75) is 19.9 Å². The maximum Gasteiger partial charge on any atom is 0.373 e. The number of carbonyl (C=O) groups is 1. The van der Waals surface area contributed by atoms with Crippen molar-refractivity contribution in [1.82, 2.24) is 19.6 Å². The summed E-state index contributed by atoms with van der Waals surface area (Å²) in [5, 5.41) is 16.1. The van der Waals surface area contributed by atoms with Gasteiger partial charge < -0.3 is 20.3 Å². The number of carbonyl (C=O) groups excluding carboxylic acids is 1. The molecule has 0 spiro atoms. The van der Waals surface area contributed by atoms with Crippen molar-refractivity contribution in [3.63, 3.8) is 0 Å². The highest BCUT2D eigenvalue weighted by Gasteiger charge is 2.30. The number of nitrogens with one attached hydrogen (secondary N) is 1. The minimum Gasteiger partial charge on any atom is -0.358 e. The van der Waals surface area contributed by atoms with E-state index < -0.39 is 0 Å². The first-order chi connectivity index (χ1) is 11.5. The summed E-state index contributed by atoms with van der Waals surface area (Å²) < 4.78 is 1.52. The summed E-state index contributed by atoms with van der Waals surface area (Å²) in [4.78, 5) is 31.9. The van der Waals surface area contributed by atoms with Crippen LogP contribution in [0.25, 0.3) is 4.96 Å². The number of hydrogen-bond acceptors (Lipinski definition) is 7. The smallest absolute Gasteiger partial charge is 0.358 e. The van der Waals surface area contributed by atoms with Crippen LogP contribution in [0.1, 0.15) is 13.8 Å². The highest BCUT2D eigenvalue weighted by molar-refractivity contribution is 7.15. The highest BCUT2D eigenvalue weighted by Crippen LogP contribution is 2.31. The van der Waals surface area contributed by atoms with Gasteiger partial charge in [0.15, 0.2) is 0 Å². The second kappa shape index (κ2) is 6.73. The number of imidazole rings is 1. The third-order valence-electron chi connectivity index (χ3n) is 3.88. The molecule has 1 amide bonds. The third-order valence-corrected chi connectivity index (χ3v) is 4.64. The Bertz CT molecular complexity index is 747. The topological polar surface area (TPSA) is 96.0 Å². The summed E-state index contributed by atoms with van der Waals surface area (Å²) in [7, 11) is 0. The number of nitrogens with zero attached hydrogens (tertiary/aromatic N) is 5. The molecule has 24 heavy (non-hydrogen) atoms. The van der Waals surface area contributed by atoms with Gasteiger partial charge in [0.05, 0.1) is 6.54 Å². The number of piperazine rings is 1. The predicted octanol–water partition coefficient (Wildman–Crippen LogP) is 0.951. The predicted molar refractivity (Wildman–Crippen MR) is 91.7 cm³/mol. The SMILES string of the molecule is CC(C)NC(=O)CN1CCN(c2nc3sccn3c2[N+](=O)[O-])CC1. The van der Waals surface area contributed by atoms with E-state index in [1.165, 1.54) is 15.7 Å². The van der Waals surface area contributed by atoms with Crippen molar-refractivity contribution in [2.24, 2.45) is 0 Å². The Morgan fingerprint density at radius 1 is 1.42 bits per heavy atom. The molecule has 1 saturated heterocycles. The molecule has 0 aliphatic carbocycles. The molecule has 1 N–H and O–H groups in total. The van der Waals surface area contributed by atoms with E-state index in [9.17, 15) is 14.9 Å². The van der Waals surface area contributed by atoms with Crippen molar-refractivity contribution in [2.75, 3.05) is 37.6 Å². The van der Waals surface area contributed by atoms with Crippen molar-refractivity contribution in [3.05, 3.63) is 21.7 Å². The molecule has 9 nitrogen and oxygen atoms in total. The molecule has 0 saturated carbocycles. The Labute approximate surface area is 143 Å². The molecule has 3 heterocycles. The van der Waals surface area contributed by atoms with Crippen LogP contribution in [0.15, 0.2) is 11.6 Å². The van der Waals surface area contributed by atoms with Gasteiger partial charge in [0, 0.05) is 37.6 Å². The molecular formula is C14H20N6O3S. The highest BCUT2D eigenvalue weighted by atomic mass is 32.1. The molecule has 0 unspecified atom stereocenters. The molecule has 0 radical (unpaired) electrons. The van der Waals surface area contributed by atoms with Gasteiger partial charge in [0.25, 0.3) is 4.96 Å². The number of aromatic nitrogens is 2. The van der Waals surface area contributed by atoms with E-state index in [1.807, 2.05) is 18.7 Å². The van der Waals surface area contributed by atoms with Crippen LogP contribution < -0.4 is 10.2 Å². The molecule has 2 aromatic heterocycles. The maximum absolute atomic E-state index is 11.8. The van der Waals surface area contributed by atoms with Crippen molar-refractivity contribution >= 4 is 33.8 Å². The Morgan fingerprint density at radius 2 is 2.12 bits per heavy atom. The van der Waals surface area contributed by atoms with Gasteiger partial charge in [-0.15, -0.1) is 0 Å². The molecule has 2 aromatic rings. The van der Waals surface area contributed by atoms with Gasteiger partial charge in [-0.2, -0.15) is 9.38 Å². The molecule has 1 aliphatic rings. The van der Waals surface area contributed by atoms with E-state index in [-0.39, 0.29) is 22.7 Å². The van der Waals surface area contributed by atoms with E-state index in [2.05, 4.69) is 15.2 Å². The molecule has 0 bridgehead atoms. The zero-order valence-corrected chi connectivity index (χ0v) is 14.5. The van der Waals surface area contributed by atoms with Gasteiger partial charge in [-0.25, -0.2) is 0 Å². The lowest BCUT2D eigenvalue weighted by Crippen LogP contribution is -2.50. The van der Waals surface area contributed by atoms with Gasteiger partial charge >= 0.3 is 5.82 Å². The molecule has 130 valence electrons. The van der Waals surface area contributed by atoms with Crippen LogP contribution >= 0.6 is 11.3 Å². The number of rotatable bonds is 5. The average molecular weight is 352 g/mol. The molecule has 1 aliphatic heterocycles. The fourth-order valence-corrected chi connectivity index (χ4v) is 3.54. The lowest BCUT2D eigenvalue weighted by Gasteiger charge is -2.34. The Morgan fingerprint density at radius 3 is 2.75 bits per heavy atom. The number of anilines is 1. The molecular weight excluding hydrogens is 332 g/mol. The average Bonchev–Trinajstić information content (AvgIpc) is 3.06. The molecule has 0 aromatic carbocycles. The summed E-state index contributed by atoms with van der Waals surface area (Å²) in [5.41, 5.74) is 0. The first kappa shape index (κ1) is 16.7.